The molecule has 1 saturated heterocycles. The Kier molecular flexibility index (Phi) is 4.67. The van der Waals surface area contributed by atoms with Crippen molar-refractivity contribution in [2.24, 2.45) is 0 Å². The summed E-state index contributed by atoms with van der Waals surface area (Å²) in [6.07, 6.45) is 0. The molecule has 0 aliphatic carbocycles. The van der Waals surface area contributed by atoms with Gasteiger partial charge in [0.1, 0.15) is 17.0 Å². The molecular formula is C20H23N3O3. The summed E-state index contributed by atoms with van der Waals surface area (Å²) in [5.74, 6) is 1.65. The third kappa shape index (κ3) is 3.46. The van der Waals surface area contributed by atoms with Gasteiger partial charge in [-0.1, -0.05) is 12.1 Å². The highest BCUT2D eigenvalue weighted by Gasteiger charge is 2.21. The van der Waals surface area contributed by atoms with Crippen LogP contribution >= 0.6 is 0 Å². The summed E-state index contributed by atoms with van der Waals surface area (Å²) in [5.41, 5.74) is 2.94. The summed E-state index contributed by atoms with van der Waals surface area (Å²) in [4.78, 5) is 9.23. The van der Waals surface area contributed by atoms with E-state index in [-0.39, 0.29) is 0 Å². The van der Waals surface area contributed by atoms with Crippen molar-refractivity contribution in [1.82, 2.24) is 9.88 Å². The van der Waals surface area contributed by atoms with E-state index in [4.69, 9.17) is 13.9 Å². The Morgan fingerprint density at radius 3 is 2.31 bits per heavy atom. The number of methoxy groups -OCH3 is 2. The van der Waals surface area contributed by atoms with Crippen LogP contribution in [0.5, 0.6) is 11.5 Å². The van der Waals surface area contributed by atoms with Gasteiger partial charge in [0, 0.05) is 38.8 Å². The Morgan fingerprint density at radius 1 is 0.962 bits per heavy atom. The fourth-order valence-electron chi connectivity index (χ4n) is 3.31. The van der Waals surface area contributed by atoms with Crippen LogP contribution in [-0.4, -0.2) is 50.3 Å². The van der Waals surface area contributed by atoms with Crippen LogP contribution in [0.15, 0.2) is 46.9 Å². The molecule has 26 heavy (non-hydrogen) atoms. The molecule has 1 fully saturated rings. The van der Waals surface area contributed by atoms with Crippen LogP contribution in [0.1, 0.15) is 5.56 Å². The summed E-state index contributed by atoms with van der Waals surface area (Å²) >= 11 is 0. The minimum Gasteiger partial charge on any atom is -0.497 e. The van der Waals surface area contributed by atoms with Crippen LogP contribution in [0.3, 0.4) is 0 Å². The maximum atomic E-state index is 5.88. The van der Waals surface area contributed by atoms with E-state index in [0.717, 1.165) is 55.3 Å². The summed E-state index contributed by atoms with van der Waals surface area (Å²) in [6, 6.07) is 14.6. The van der Waals surface area contributed by atoms with Crippen molar-refractivity contribution in [2.45, 2.75) is 6.54 Å². The van der Waals surface area contributed by atoms with Crippen molar-refractivity contribution in [3.05, 3.63) is 48.0 Å². The lowest BCUT2D eigenvalue weighted by Gasteiger charge is -2.33. The van der Waals surface area contributed by atoms with Gasteiger partial charge in [0.05, 0.1) is 14.2 Å². The monoisotopic (exact) mass is 353 g/mol. The first-order valence-corrected chi connectivity index (χ1v) is 8.80. The van der Waals surface area contributed by atoms with Crippen molar-refractivity contribution in [1.29, 1.82) is 0 Å². The number of anilines is 1. The lowest BCUT2D eigenvalue weighted by atomic mass is 10.1. The van der Waals surface area contributed by atoms with Gasteiger partial charge in [0.15, 0.2) is 5.58 Å². The van der Waals surface area contributed by atoms with Gasteiger partial charge in [-0.05, 0) is 29.8 Å². The van der Waals surface area contributed by atoms with Gasteiger partial charge in [-0.3, -0.25) is 4.90 Å². The number of hydrogen-bond donors (Lipinski definition) is 0. The van der Waals surface area contributed by atoms with Crippen LogP contribution < -0.4 is 14.4 Å². The van der Waals surface area contributed by atoms with Gasteiger partial charge in [-0.15, -0.1) is 0 Å². The Labute approximate surface area is 152 Å². The minimum atomic E-state index is 0.717. The molecule has 2 heterocycles. The molecule has 2 aromatic carbocycles. The molecule has 1 aromatic heterocycles. The second-order valence-corrected chi connectivity index (χ2v) is 6.45. The zero-order chi connectivity index (χ0) is 17.9. The van der Waals surface area contributed by atoms with E-state index in [0.29, 0.717) is 6.01 Å². The molecule has 0 saturated carbocycles. The molecule has 1 aliphatic rings. The van der Waals surface area contributed by atoms with E-state index >= 15 is 0 Å². The van der Waals surface area contributed by atoms with Gasteiger partial charge >= 0.3 is 0 Å². The predicted octanol–water partition coefficient (Wildman–Crippen LogP) is 3.17. The highest BCUT2D eigenvalue weighted by Crippen LogP contribution is 2.25. The average Bonchev–Trinajstić information content (AvgIpc) is 3.12. The molecule has 1 aliphatic heterocycles. The van der Waals surface area contributed by atoms with Crippen molar-refractivity contribution in [3.8, 4) is 11.5 Å². The SMILES string of the molecule is COc1cc(CN2CCN(c3nc4ccccc4o3)CC2)cc(OC)c1. The molecule has 6 nitrogen and oxygen atoms in total. The van der Waals surface area contributed by atoms with Crippen LogP contribution in [0.4, 0.5) is 6.01 Å². The lowest BCUT2D eigenvalue weighted by Crippen LogP contribution is -2.46. The van der Waals surface area contributed by atoms with E-state index in [9.17, 15) is 0 Å². The van der Waals surface area contributed by atoms with E-state index in [1.165, 1.54) is 5.56 Å². The largest absolute Gasteiger partial charge is 0.497 e. The predicted molar refractivity (Wildman–Crippen MR) is 101 cm³/mol. The van der Waals surface area contributed by atoms with E-state index in [1.54, 1.807) is 14.2 Å². The van der Waals surface area contributed by atoms with Crippen LogP contribution in [0, 0.1) is 0 Å². The number of nitrogens with zero attached hydrogens (tertiary/aromatic N) is 3. The van der Waals surface area contributed by atoms with Gasteiger partial charge in [-0.25, -0.2) is 0 Å². The summed E-state index contributed by atoms with van der Waals surface area (Å²) in [6.45, 7) is 4.58. The number of oxazole rings is 1. The van der Waals surface area contributed by atoms with E-state index in [2.05, 4.69) is 26.9 Å². The number of hydrogen-bond acceptors (Lipinski definition) is 6. The molecule has 0 amide bonds. The van der Waals surface area contributed by atoms with Crippen LogP contribution in [0.25, 0.3) is 11.1 Å². The smallest absolute Gasteiger partial charge is 0.298 e. The van der Waals surface area contributed by atoms with Gasteiger partial charge in [-0.2, -0.15) is 4.98 Å². The maximum absolute atomic E-state index is 5.88. The molecule has 0 radical (unpaired) electrons. The molecular weight excluding hydrogens is 330 g/mol. The minimum absolute atomic E-state index is 0.717. The quantitative estimate of drug-likeness (QED) is 0.702. The zero-order valence-corrected chi connectivity index (χ0v) is 15.1. The number of benzene rings is 2. The number of rotatable bonds is 5. The van der Waals surface area contributed by atoms with Crippen molar-refractivity contribution in [3.63, 3.8) is 0 Å². The van der Waals surface area contributed by atoms with Gasteiger partial charge in [0.25, 0.3) is 6.01 Å². The zero-order valence-electron chi connectivity index (χ0n) is 15.1. The Bertz CT molecular complexity index is 830. The third-order valence-electron chi connectivity index (χ3n) is 4.74. The summed E-state index contributed by atoms with van der Waals surface area (Å²) < 4.78 is 16.6. The fourth-order valence-corrected chi connectivity index (χ4v) is 3.31. The Morgan fingerprint density at radius 2 is 1.65 bits per heavy atom. The number of ether oxygens (including phenoxy) is 2. The fraction of sp³-hybridized carbons (Fsp3) is 0.350. The first-order valence-electron chi connectivity index (χ1n) is 8.80. The van der Waals surface area contributed by atoms with E-state index < -0.39 is 0 Å². The third-order valence-corrected chi connectivity index (χ3v) is 4.74. The highest BCUT2D eigenvalue weighted by atomic mass is 16.5. The molecule has 0 bridgehead atoms. The lowest BCUT2D eigenvalue weighted by molar-refractivity contribution is 0.245. The molecule has 0 atom stereocenters. The highest BCUT2D eigenvalue weighted by molar-refractivity contribution is 5.74. The molecule has 3 aromatic rings. The number of piperazine rings is 1. The van der Waals surface area contributed by atoms with Crippen LogP contribution in [-0.2, 0) is 6.54 Å². The van der Waals surface area contributed by atoms with Crippen LogP contribution in [0.2, 0.25) is 0 Å². The van der Waals surface area contributed by atoms with Crippen molar-refractivity contribution >= 4 is 17.1 Å². The summed E-state index contributed by atoms with van der Waals surface area (Å²) in [5, 5.41) is 0. The average molecular weight is 353 g/mol. The molecule has 4 rings (SSSR count). The second-order valence-electron chi connectivity index (χ2n) is 6.45. The normalized spacial score (nSPS) is 15.4. The standard InChI is InChI=1S/C20H23N3O3/c1-24-16-11-15(12-17(13-16)25-2)14-22-7-9-23(10-8-22)20-21-18-5-3-4-6-19(18)26-20/h3-6,11-13H,7-10,14H2,1-2H3. The molecule has 0 spiro atoms. The molecule has 136 valence electrons. The second kappa shape index (κ2) is 7.25. The first-order chi connectivity index (χ1) is 12.7. The van der Waals surface area contributed by atoms with Gasteiger partial charge in [0.2, 0.25) is 0 Å². The summed E-state index contributed by atoms with van der Waals surface area (Å²) in [7, 11) is 3.36. The Balaban J connectivity index is 1.40. The van der Waals surface area contributed by atoms with Crippen molar-refractivity contribution in [2.75, 3.05) is 45.3 Å². The maximum Gasteiger partial charge on any atom is 0.298 e. The first kappa shape index (κ1) is 16.7. The molecule has 6 heteroatoms. The Hall–Kier alpha value is -2.73. The number of fused-ring (bicyclic) bond motifs is 1. The molecule has 0 unspecified atom stereocenters. The van der Waals surface area contributed by atoms with Gasteiger partial charge < -0.3 is 18.8 Å². The topological polar surface area (TPSA) is 51.0 Å². The number of aromatic nitrogens is 1. The number of para-hydroxylation sites is 2. The van der Waals surface area contributed by atoms with Crippen molar-refractivity contribution < 1.29 is 13.9 Å². The molecule has 0 N–H and O–H groups in total. The van der Waals surface area contributed by atoms with E-state index in [1.807, 2.05) is 30.3 Å².